The fourth-order valence-corrected chi connectivity index (χ4v) is 5.42. The van der Waals surface area contributed by atoms with Gasteiger partial charge in [0, 0.05) is 28.7 Å². The van der Waals surface area contributed by atoms with Crippen LogP contribution in [0.2, 0.25) is 5.02 Å². The molecule has 8 nitrogen and oxygen atoms in total. The number of anilines is 2. The second-order valence-corrected chi connectivity index (χ2v) is 11.1. The molecule has 0 saturated heterocycles. The summed E-state index contributed by atoms with van der Waals surface area (Å²) in [6, 6.07) is 12.6. The Morgan fingerprint density at radius 2 is 1.89 bits per heavy atom. The van der Waals surface area contributed by atoms with Crippen molar-refractivity contribution in [2.45, 2.75) is 25.3 Å². The van der Waals surface area contributed by atoms with E-state index in [0.29, 0.717) is 23.5 Å². The minimum absolute atomic E-state index is 0.0148. The number of nitrogens with two attached hydrogens (primary N) is 1. The summed E-state index contributed by atoms with van der Waals surface area (Å²) in [4.78, 5) is 21.1. The van der Waals surface area contributed by atoms with E-state index < -0.39 is 15.8 Å². The van der Waals surface area contributed by atoms with Crippen LogP contribution in [0.15, 0.2) is 59.5 Å². The third-order valence-corrected chi connectivity index (χ3v) is 7.22. The smallest absolute Gasteiger partial charge is 0.252 e. The Morgan fingerprint density at radius 1 is 1.17 bits per heavy atom. The van der Waals surface area contributed by atoms with Gasteiger partial charge < -0.3 is 15.3 Å². The normalized spacial score (nSPS) is 17.2. The van der Waals surface area contributed by atoms with Gasteiger partial charge >= 0.3 is 0 Å². The number of nitrogens with one attached hydrogen (secondary N) is 2. The molecule has 0 radical (unpaired) electrons. The van der Waals surface area contributed by atoms with Crippen LogP contribution in [0.25, 0.3) is 22.4 Å². The third kappa shape index (κ3) is 4.38. The number of rotatable bonds is 5. The zero-order valence-electron chi connectivity index (χ0n) is 19.4. The lowest BCUT2D eigenvalue weighted by molar-refractivity contribution is 0.557. The van der Waals surface area contributed by atoms with Gasteiger partial charge in [0.15, 0.2) is 5.82 Å². The van der Waals surface area contributed by atoms with Crippen LogP contribution in [-0.2, 0) is 10.0 Å². The van der Waals surface area contributed by atoms with Gasteiger partial charge in [-0.1, -0.05) is 30.7 Å². The van der Waals surface area contributed by atoms with E-state index in [9.17, 15) is 17.6 Å². The molecule has 4 aromatic rings. The van der Waals surface area contributed by atoms with Gasteiger partial charge in [-0.2, -0.15) is 0 Å². The van der Waals surface area contributed by atoms with Crippen molar-refractivity contribution in [3.05, 3.63) is 87.4 Å². The van der Waals surface area contributed by atoms with E-state index >= 15 is 0 Å². The van der Waals surface area contributed by atoms with Crippen LogP contribution < -0.4 is 16.0 Å². The lowest BCUT2D eigenvalue weighted by Crippen LogP contribution is -2.24. The Labute approximate surface area is 212 Å². The van der Waals surface area contributed by atoms with Crippen LogP contribution in [-0.4, -0.2) is 29.2 Å². The molecule has 1 aliphatic heterocycles. The Morgan fingerprint density at radius 3 is 2.58 bits per heavy atom. The van der Waals surface area contributed by atoms with E-state index in [1.807, 2.05) is 6.92 Å². The molecule has 0 unspecified atom stereocenters. The fourth-order valence-electron chi connectivity index (χ4n) is 4.70. The summed E-state index contributed by atoms with van der Waals surface area (Å²) in [5.41, 5.74) is 9.20. The van der Waals surface area contributed by atoms with E-state index in [1.165, 1.54) is 18.2 Å². The molecular formula is C25H23ClFN5O3S. The van der Waals surface area contributed by atoms with Crippen LogP contribution in [0.5, 0.6) is 0 Å². The quantitative estimate of drug-likeness (QED) is 0.323. The summed E-state index contributed by atoms with van der Waals surface area (Å²) in [5.74, 6) is -0.0186. The van der Waals surface area contributed by atoms with E-state index in [4.69, 9.17) is 17.3 Å². The molecule has 5 rings (SSSR count). The van der Waals surface area contributed by atoms with Gasteiger partial charge in [0.2, 0.25) is 10.0 Å². The number of pyridine rings is 1. The predicted octanol–water partition coefficient (Wildman–Crippen LogP) is 4.75. The van der Waals surface area contributed by atoms with Crippen LogP contribution in [0.1, 0.15) is 36.8 Å². The van der Waals surface area contributed by atoms with E-state index in [2.05, 4.69) is 14.7 Å². The first-order valence-corrected chi connectivity index (χ1v) is 13.4. The number of fused-ring (bicyclic) bond motifs is 1. The van der Waals surface area contributed by atoms with Crippen molar-refractivity contribution in [1.82, 2.24) is 14.5 Å². The van der Waals surface area contributed by atoms with Gasteiger partial charge in [-0.25, -0.2) is 17.8 Å². The van der Waals surface area contributed by atoms with E-state index in [0.717, 1.165) is 23.2 Å². The molecule has 0 amide bonds. The molecule has 0 fully saturated rings. The number of nitrogens with zero attached hydrogens (tertiary/aromatic N) is 2. The topological polar surface area (TPSA) is 123 Å². The van der Waals surface area contributed by atoms with Gasteiger partial charge in [0.25, 0.3) is 5.56 Å². The first-order chi connectivity index (χ1) is 17.0. The molecule has 2 atom stereocenters. The predicted molar refractivity (Wildman–Crippen MR) is 139 cm³/mol. The van der Waals surface area contributed by atoms with Crippen LogP contribution in [0, 0.1) is 5.82 Å². The molecule has 0 spiro atoms. The Bertz CT molecular complexity index is 1650. The summed E-state index contributed by atoms with van der Waals surface area (Å²) >= 11 is 5.96. The molecule has 1 aliphatic rings. The molecular weight excluding hydrogens is 505 g/mol. The van der Waals surface area contributed by atoms with Crippen LogP contribution >= 0.6 is 11.6 Å². The minimum Gasteiger partial charge on any atom is -0.398 e. The highest BCUT2D eigenvalue weighted by molar-refractivity contribution is 7.92. The maximum Gasteiger partial charge on any atom is 0.252 e. The van der Waals surface area contributed by atoms with E-state index in [1.54, 1.807) is 41.1 Å². The molecule has 186 valence electrons. The first kappa shape index (κ1) is 24.1. The van der Waals surface area contributed by atoms with Crippen molar-refractivity contribution in [2.24, 2.45) is 0 Å². The average Bonchev–Trinajstić information content (AvgIpc) is 3.42. The summed E-state index contributed by atoms with van der Waals surface area (Å²) < 4.78 is 41.7. The largest absolute Gasteiger partial charge is 0.398 e. The van der Waals surface area contributed by atoms with Crippen molar-refractivity contribution < 1.29 is 12.8 Å². The molecule has 0 aliphatic carbocycles. The Balaban J connectivity index is 1.49. The SMILES string of the molecule is C[C@H]1C[C@@H](c2ncc(-c3ccc(NS(C)(=O)=O)cc3)[nH]2)n2c1cc(-c1c(N)ccc(Cl)c1F)cc2=O. The minimum atomic E-state index is -3.36. The highest BCUT2D eigenvalue weighted by Crippen LogP contribution is 2.40. The maximum absolute atomic E-state index is 14.8. The summed E-state index contributed by atoms with van der Waals surface area (Å²) in [6.07, 6.45) is 3.41. The zero-order valence-corrected chi connectivity index (χ0v) is 21.0. The van der Waals surface area contributed by atoms with Crippen molar-refractivity contribution in [3.8, 4) is 22.4 Å². The number of imidazole rings is 1. The summed E-state index contributed by atoms with van der Waals surface area (Å²) in [7, 11) is -3.36. The Kier molecular flexibility index (Phi) is 5.88. The third-order valence-electron chi connectivity index (χ3n) is 6.32. The second-order valence-electron chi connectivity index (χ2n) is 8.99. The number of H-pyrrole nitrogens is 1. The van der Waals surface area contributed by atoms with Crippen molar-refractivity contribution in [3.63, 3.8) is 0 Å². The molecule has 11 heteroatoms. The summed E-state index contributed by atoms with van der Waals surface area (Å²) in [5, 5.41) is -0.0611. The van der Waals surface area contributed by atoms with Crippen molar-refractivity contribution in [2.75, 3.05) is 16.7 Å². The number of aromatic nitrogens is 3. The summed E-state index contributed by atoms with van der Waals surface area (Å²) in [6.45, 7) is 2.00. The number of sulfonamides is 1. The molecule has 4 N–H and O–H groups in total. The van der Waals surface area contributed by atoms with Gasteiger partial charge in [0.1, 0.15) is 5.82 Å². The van der Waals surface area contributed by atoms with Gasteiger partial charge in [0.05, 0.1) is 29.2 Å². The van der Waals surface area contributed by atoms with Crippen molar-refractivity contribution in [1.29, 1.82) is 0 Å². The maximum atomic E-state index is 14.8. The second kappa shape index (κ2) is 8.79. The fraction of sp³-hybridized carbons (Fsp3) is 0.200. The van der Waals surface area contributed by atoms with Crippen LogP contribution in [0.4, 0.5) is 15.8 Å². The average molecular weight is 528 g/mol. The highest BCUT2D eigenvalue weighted by Gasteiger charge is 2.33. The molecule has 2 aromatic heterocycles. The number of hydrogen-bond donors (Lipinski definition) is 3. The molecule has 2 aromatic carbocycles. The highest BCUT2D eigenvalue weighted by atomic mass is 35.5. The van der Waals surface area contributed by atoms with E-state index in [-0.39, 0.29) is 33.8 Å². The monoisotopic (exact) mass is 527 g/mol. The molecule has 0 bridgehead atoms. The van der Waals surface area contributed by atoms with Gasteiger partial charge in [-0.15, -0.1) is 0 Å². The van der Waals surface area contributed by atoms with Gasteiger partial charge in [-0.3, -0.25) is 9.52 Å². The molecule has 36 heavy (non-hydrogen) atoms. The number of hydrogen-bond acceptors (Lipinski definition) is 5. The first-order valence-electron chi connectivity index (χ1n) is 11.2. The molecule has 0 saturated carbocycles. The molecule has 3 heterocycles. The standard InChI is InChI=1S/C25H23ClFN5O3S/c1-13-9-21(25-29-12-19(30-25)14-3-5-16(6-4-14)31-36(2,34)35)32-20(13)10-15(11-22(32)33)23-18(28)8-7-17(26)24(23)27/h3-8,10-13,21,31H,9,28H2,1-2H3,(H,29,30)/t13-,21-/m0/s1. The zero-order chi connectivity index (χ0) is 25.8. The number of nitrogen functional groups attached to an aromatic ring is 1. The lowest BCUT2D eigenvalue weighted by Gasteiger charge is -2.15. The van der Waals surface area contributed by atoms with Crippen molar-refractivity contribution >= 4 is 33.0 Å². The number of halogens is 2. The number of benzene rings is 2. The van der Waals surface area contributed by atoms with Gasteiger partial charge in [-0.05, 0) is 53.8 Å². The lowest BCUT2D eigenvalue weighted by atomic mass is 9.99. The number of aromatic amines is 1. The van der Waals surface area contributed by atoms with Crippen LogP contribution in [0.3, 0.4) is 0 Å². The Hall–Kier alpha value is -3.63.